The molecule has 0 saturated carbocycles. The van der Waals surface area contributed by atoms with Crippen molar-refractivity contribution in [3.63, 3.8) is 0 Å². The fraction of sp³-hybridized carbons (Fsp3) is 0.214. The van der Waals surface area contributed by atoms with Crippen molar-refractivity contribution in [2.75, 3.05) is 14.1 Å². The molecule has 110 valence electrons. The minimum absolute atomic E-state index is 0.179. The summed E-state index contributed by atoms with van der Waals surface area (Å²) in [6.45, 7) is -0.223. The van der Waals surface area contributed by atoms with Crippen LogP contribution in [0.25, 0.3) is 11.0 Å². The third-order valence-electron chi connectivity index (χ3n) is 2.79. The van der Waals surface area contributed by atoms with Crippen LogP contribution in [0.1, 0.15) is 16.1 Å². The lowest BCUT2D eigenvalue weighted by atomic mass is 10.1. The zero-order chi connectivity index (χ0) is 15.6. The van der Waals surface area contributed by atoms with Crippen molar-refractivity contribution < 1.29 is 18.7 Å². The fourth-order valence-electron chi connectivity index (χ4n) is 1.81. The first-order valence-corrected chi connectivity index (χ1v) is 6.09. The first-order chi connectivity index (χ1) is 9.88. The summed E-state index contributed by atoms with van der Waals surface area (Å²) in [5.41, 5.74) is 5.22. The molecule has 0 aliphatic rings. The van der Waals surface area contributed by atoms with Gasteiger partial charge in [-0.15, -0.1) is 0 Å². The molecule has 2 aromatic rings. The largest absolute Gasteiger partial charge is 0.457 e. The molecular formula is C14H14N2O5. The van der Waals surface area contributed by atoms with Gasteiger partial charge in [-0.1, -0.05) is 0 Å². The van der Waals surface area contributed by atoms with Crippen molar-refractivity contribution in [3.8, 4) is 0 Å². The van der Waals surface area contributed by atoms with Gasteiger partial charge < -0.3 is 19.8 Å². The average molecular weight is 290 g/mol. The molecule has 0 fully saturated rings. The van der Waals surface area contributed by atoms with Crippen LogP contribution in [0, 0.1) is 0 Å². The molecule has 7 nitrogen and oxygen atoms in total. The van der Waals surface area contributed by atoms with Gasteiger partial charge in [-0.25, -0.2) is 4.79 Å². The lowest BCUT2D eigenvalue weighted by Gasteiger charge is -2.10. The average Bonchev–Trinajstić information content (AvgIpc) is 2.44. The summed E-state index contributed by atoms with van der Waals surface area (Å²) in [6.07, 6.45) is -0.954. The van der Waals surface area contributed by atoms with E-state index in [2.05, 4.69) is 4.74 Å². The molecular weight excluding hydrogens is 276 g/mol. The van der Waals surface area contributed by atoms with Crippen LogP contribution < -0.4 is 11.2 Å². The number of amides is 2. The van der Waals surface area contributed by atoms with E-state index in [-0.39, 0.29) is 29.1 Å². The number of carbonyl (C=O) groups is 2. The first kappa shape index (κ1) is 14.6. The Hall–Kier alpha value is -2.83. The van der Waals surface area contributed by atoms with Gasteiger partial charge >= 0.3 is 6.09 Å². The monoisotopic (exact) mass is 290 g/mol. The van der Waals surface area contributed by atoms with Gasteiger partial charge in [0, 0.05) is 25.7 Å². The second-order valence-corrected chi connectivity index (χ2v) is 4.60. The molecule has 2 rings (SSSR count). The second-order valence-electron chi connectivity index (χ2n) is 4.60. The number of primary amides is 1. The van der Waals surface area contributed by atoms with Gasteiger partial charge in [0.15, 0.2) is 12.0 Å². The minimum atomic E-state index is -0.954. The number of hydrogen-bond donors (Lipinski definition) is 1. The third-order valence-corrected chi connectivity index (χ3v) is 2.79. The molecule has 0 aliphatic heterocycles. The molecule has 0 aliphatic carbocycles. The topological polar surface area (TPSA) is 103 Å². The predicted octanol–water partition coefficient (Wildman–Crippen LogP) is 1.09. The molecule has 1 aromatic heterocycles. The highest BCUT2D eigenvalue weighted by molar-refractivity contribution is 5.97. The third kappa shape index (κ3) is 3.19. The van der Waals surface area contributed by atoms with Crippen molar-refractivity contribution in [3.05, 3.63) is 45.8 Å². The smallest absolute Gasteiger partial charge is 0.404 e. The van der Waals surface area contributed by atoms with E-state index in [1.165, 1.54) is 23.1 Å². The van der Waals surface area contributed by atoms with Gasteiger partial charge in [-0.05, 0) is 18.2 Å². The Labute approximate surface area is 119 Å². The molecule has 2 N–H and O–H groups in total. The molecule has 0 atom stereocenters. The second kappa shape index (κ2) is 5.66. The highest BCUT2D eigenvalue weighted by Crippen LogP contribution is 2.16. The number of nitrogens with two attached hydrogens (primary N) is 1. The van der Waals surface area contributed by atoms with Gasteiger partial charge in [-0.2, -0.15) is 0 Å². The maximum Gasteiger partial charge on any atom is 0.404 e. The van der Waals surface area contributed by atoms with Crippen molar-refractivity contribution in [1.82, 2.24) is 4.90 Å². The number of fused-ring (bicyclic) bond motifs is 1. The highest BCUT2D eigenvalue weighted by atomic mass is 16.6. The Kier molecular flexibility index (Phi) is 3.93. The van der Waals surface area contributed by atoms with Crippen molar-refractivity contribution in [2.45, 2.75) is 6.61 Å². The van der Waals surface area contributed by atoms with E-state index in [4.69, 9.17) is 10.2 Å². The SMILES string of the molecule is CN(C)C(=O)c1ccc2oc(COC(N)=O)cc(=O)c2c1. The molecule has 1 heterocycles. The van der Waals surface area contributed by atoms with E-state index in [0.29, 0.717) is 11.1 Å². The summed E-state index contributed by atoms with van der Waals surface area (Å²) < 4.78 is 10.0. The summed E-state index contributed by atoms with van der Waals surface area (Å²) in [5, 5.41) is 0.283. The van der Waals surface area contributed by atoms with Crippen LogP contribution in [-0.2, 0) is 11.3 Å². The Bertz CT molecular complexity index is 764. The molecule has 0 unspecified atom stereocenters. The van der Waals surface area contributed by atoms with Crippen LogP contribution in [0.2, 0.25) is 0 Å². The van der Waals surface area contributed by atoms with Gasteiger partial charge in [0.1, 0.15) is 11.3 Å². The predicted molar refractivity (Wildman–Crippen MR) is 74.9 cm³/mol. The molecule has 7 heteroatoms. The number of rotatable bonds is 3. The van der Waals surface area contributed by atoms with E-state index in [0.717, 1.165) is 0 Å². The van der Waals surface area contributed by atoms with Crippen LogP contribution in [0.5, 0.6) is 0 Å². The molecule has 0 saturated heterocycles. The Morgan fingerprint density at radius 3 is 2.62 bits per heavy atom. The van der Waals surface area contributed by atoms with Crippen LogP contribution >= 0.6 is 0 Å². The fourth-order valence-corrected chi connectivity index (χ4v) is 1.81. The normalized spacial score (nSPS) is 10.4. The zero-order valence-electron chi connectivity index (χ0n) is 11.6. The summed E-state index contributed by atoms with van der Waals surface area (Å²) >= 11 is 0. The van der Waals surface area contributed by atoms with Gasteiger partial charge in [0.05, 0.1) is 5.39 Å². The number of nitrogens with zero attached hydrogens (tertiary/aromatic N) is 1. The van der Waals surface area contributed by atoms with Crippen LogP contribution in [0.4, 0.5) is 4.79 Å². The van der Waals surface area contributed by atoms with E-state index in [1.54, 1.807) is 20.2 Å². The van der Waals surface area contributed by atoms with Crippen LogP contribution in [0.3, 0.4) is 0 Å². The number of benzene rings is 1. The minimum Gasteiger partial charge on any atom is -0.457 e. The molecule has 0 bridgehead atoms. The Morgan fingerprint density at radius 2 is 2.00 bits per heavy atom. The van der Waals surface area contributed by atoms with Gasteiger partial charge in [-0.3, -0.25) is 9.59 Å². The zero-order valence-corrected chi connectivity index (χ0v) is 11.6. The Balaban J connectivity index is 2.44. The molecule has 21 heavy (non-hydrogen) atoms. The van der Waals surface area contributed by atoms with Crippen LogP contribution in [0.15, 0.2) is 33.5 Å². The van der Waals surface area contributed by atoms with Crippen molar-refractivity contribution >= 4 is 23.0 Å². The molecule has 1 aromatic carbocycles. The summed E-state index contributed by atoms with van der Waals surface area (Å²) in [7, 11) is 3.25. The van der Waals surface area contributed by atoms with E-state index in [1.807, 2.05) is 0 Å². The number of carbonyl (C=O) groups excluding carboxylic acids is 2. The number of ether oxygens (including phenoxy) is 1. The maximum atomic E-state index is 12.0. The molecule has 0 radical (unpaired) electrons. The first-order valence-electron chi connectivity index (χ1n) is 6.09. The standard InChI is InChI=1S/C14H14N2O5/c1-16(2)13(18)8-3-4-12-10(5-8)11(17)6-9(21-12)7-20-14(15)19/h3-6H,7H2,1-2H3,(H2,15,19). The Morgan fingerprint density at radius 1 is 1.29 bits per heavy atom. The summed E-state index contributed by atoms with van der Waals surface area (Å²) in [5.74, 6) is -0.0320. The highest BCUT2D eigenvalue weighted by Gasteiger charge is 2.12. The lowest BCUT2D eigenvalue weighted by Crippen LogP contribution is -2.21. The summed E-state index contributed by atoms with van der Waals surface area (Å²) in [4.78, 5) is 35.9. The van der Waals surface area contributed by atoms with E-state index in [9.17, 15) is 14.4 Å². The molecule has 2 amide bonds. The van der Waals surface area contributed by atoms with Crippen molar-refractivity contribution in [2.24, 2.45) is 5.73 Å². The van der Waals surface area contributed by atoms with Gasteiger partial charge in [0.25, 0.3) is 5.91 Å². The molecule has 0 spiro atoms. The maximum absolute atomic E-state index is 12.0. The van der Waals surface area contributed by atoms with Crippen LogP contribution in [-0.4, -0.2) is 31.0 Å². The van der Waals surface area contributed by atoms with E-state index < -0.39 is 6.09 Å². The van der Waals surface area contributed by atoms with Gasteiger partial charge in [0.2, 0.25) is 0 Å². The summed E-state index contributed by atoms with van der Waals surface area (Å²) in [6, 6.07) is 5.77. The van der Waals surface area contributed by atoms with Crippen molar-refractivity contribution in [1.29, 1.82) is 0 Å². The lowest BCUT2D eigenvalue weighted by molar-refractivity contribution is 0.0827. The quantitative estimate of drug-likeness (QED) is 0.911. The van der Waals surface area contributed by atoms with E-state index >= 15 is 0 Å². The number of hydrogen-bond acceptors (Lipinski definition) is 5.